The van der Waals surface area contributed by atoms with Crippen LogP contribution >= 0.6 is 7.26 Å². The van der Waals surface area contributed by atoms with E-state index in [0.717, 1.165) is 11.7 Å². The van der Waals surface area contributed by atoms with E-state index in [2.05, 4.69) is 103 Å². The standard InChI is InChI=1S/C31H27NO2P.BrH/c1-2-34-31(33)27(23-32)22-25-18-20-26(21-19-25)24-35(28-12-6-3-7-13-28,29-14-8-4-9-15-29)30-16-10-5-11-17-30;/h3-22H,2,24H2,1H3;1H/q+1;/p-1/b27-22+;. The van der Waals surface area contributed by atoms with Gasteiger partial charge < -0.3 is 21.7 Å². The number of benzene rings is 4. The topological polar surface area (TPSA) is 50.1 Å². The van der Waals surface area contributed by atoms with Crippen LogP contribution in [-0.4, -0.2) is 12.6 Å². The van der Waals surface area contributed by atoms with E-state index in [1.807, 2.05) is 18.2 Å². The Hall–Kier alpha value is -3.51. The number of rotatable bonds is 8. The number of ether oxygens (including phenoxy) is 1. The molecule has 0 aliphatic rings. The van der Waals surface area contributed by atoms with Crippen molar-refractivity contribution in [3.63, 3.8) is 0 Å². The minimum absolute atomic E-state index is 0. The average Bonchev–Trinajstić information content (AvgIpc) is 2.93. The largest absolute Gasteiger partial charge is 1.00 e. The number of halogens is 1. The molecule has 0 unspecified atom stereocenters. The third kappa shape index (κ3) is 6.00. The second kappa shape index (κ2) is 13.0. The average molecular weight is 556 g/mol. The summed E-state index contributed by atoms with van der Waals surface area (Å²) in [6.45, 7) is 1.96. The van der Waals surface area contributed by atoms with Crippen molar-refractivity contribution in [2.75, 3.05) is 6.61 Å². The Balaban J connectivity index is 0.00000361. The third-order valence-electron chi connectivity index (χ3n) is 5.92. The predicted molar refractivity (Wildman–Crippen MR) is 146 cm³/mol. The summed E-state index contributed by atoms with van der Waals surface area (Å²) in [7, 11) is -1.99. The van der Waals surface area contributed by atoms with Crippen LogP contribution in [0.25, 0.3) is 6.08 Å². The molecule has 5 heteroatoms. The molecule has 0 heterocycles. The molecule has 0 N–H and O–H groups in total. The summed E-state index contributed by atoms with van der Waals surface area (Å²) in [6, 6.07) is 42.4. The van der Waals surface area contributed by atoms with Gasteiger partial charge in [-0.2, -0.15) is 5.26 Å². The molecule has 0 aromatic heterocycles. The molecule has 0 fully saturated rings. The minimum atomic E-state index is -1.99. The lowest BCUT2D eigenvalue weighted by atomic mass is 10.1. The highest BCUT2D eigenvalue weighted by Gasteiger charge is 2.45. The normalized spacial score (nSPS) is 11.2. The smallest absolute Gasteiger partial charge is 0.348 e. The lowest BCUT2D eigenvalue weighted by molar-refractivity contribution is -0.137. The van der Waals surface area contributed by atoms with Gasteiger partial charge >= 0.3 is 5.97 Å². The highest BCUT2D eigenvalue weighted by molar-refractivity contribution is 7.95. The lowest BCUT2D eigenvalue weighted by Crippen LogP contribution is -3.00. The first-order valence-electron chi connectivity index (χ1n) is 11.6. The van der Waals surface area contributed by atoms with E-state index in [1.165, 1.54) is 21.5 Å². The van der Waals surface area contributed by atoms with Crippen molar-refractivity contribution in [2.24, 2.45) is 0 Å². The predicted octanol–water partition coefficient (Wildman–Crippen LogP) is 2.65. The molecule has 4 aromatic carbocycles. The van der Waals surface area contributed by atoms with Crippen LogP contribution < -0.4 is 32.9 Å². The summed E-state index contributed by atoms with van der Waals surface area (Å²) in [4.78, 5) is 12.0. The van der Waals surface area contributed by atoms with E-state index < -0.39 is 13.2 Å². The fraction of sp³-hybridized carbons (Fsp3) is 0.0968. The number of hydrogen-bond acceptors (Lipinski definition) is 3. The monoisotopic (exact) mass is 555 g/mol. The fourth-order valence-corrected chi connectivity index (χ4v) is 8.52. The summed E-state index contributed by atoms with van der Waals surface area (Å²) in [5.41, 5.74) is 1.99. The molecule has 0 radical (unpaired) electrons. The van der Waals surface area contributed by atoms with Gasteiger partial charge in [-0.25, -0.2) is 4.79 Å². The Morgan fingerprint density at radius 3 is 1.61 bits per heavy atom. The molecule has 0 aliphatic heterocycles. The van der Waals surface area contributed by atoms with Crippen molar-refractivity contribution in [3.05, 3.63) is 132 Å². The molecule has 0 saturated carbocycles. The van der Waals surface area contributed by atoms with Gasteiger partial charge in [0.2, 0.25) is 0 Å². The number of carbonyl (C=O) groups excluding carboxylic acids is 1. The van der Waals surface area contributed by atoms with Gasteiger partial charge in [0, 0.05) is 0 Å². The van der Waals surface area contributed by atoms with Gasteiger partial charge in [-0.05, 0) is 60.5 Å². The molecule has 0 spiro atoms. The summed E-state index contributed by atoms with van der Waals surface area (Å²) in [5.74, 6) is -0.596. The van der Waals surface area contributed by atoms with Crippen molar-refractivity contribution in [3.8, 4) is 6.07 Å². The van der Waals surface area contributed by atoms with Crippen LogP contribution in [0.1, 0.15) is 18.1 Å². The molecular weight excluding hydrogens is 529 g/mol. The lowest BCUT2D eigenvalue weighted by Gasteiger charge is -2.28. The number of hydrogen-bond donors (Lipinski definition) is 0. The van der Waals surface area contributed by atoms with E-state index in [0.29, 0.717) is 0 Å². The second-order valence-electron chi connectivity index (χ2n) is 8.11. The fourth-order valence-electron chi connectivity index (χ4n) is 4.27. The molecule has 4 aromatic rings. The molecule has 0 bridgehead atoms. The van der Waals surface area contributed by atoms with Crippen LogP contribution in [0.15, 0.2) is 121 Å². The highest BCUT2D eigenvalue weighted by atomic mass is 79.9. The zero-order valence-corrected chi connectivity index (χ0v) is 22.5. The van der Waals surface area contributed by atoms with Crippen molar-refractivity contribution in [2.45, 2.75) is 13.1 Å². The van der Waals surface area contributed by atoms with Gasteiger partial charge in [-0.15, -0.1) is 0 Å². The molecule has 0 saturated heterocycles. The minimum Gasteiger partial charge on any atom is -1.00 e. The molecule has 0 atom stereocenters. The van der Waals surface area contributed by atoms with Crippen LogP contribution in [0.3, 0.4) is 0 Å². The zero-order valence-electron chi connectivity index (χ0n) is 20.1. The van der Waals surface area contributed by atoms with Crippen molar-refractivity contribution >= 4 is 35.2 Å². The Kier molecular flexibility index (Phi) is 9.77. The van der Waals surface area contributed by atoms with E-state index in [4.69, 9.17) is 4.74 Å². The number of nitrogens with zero attached hydrogens (tertiary/aromatic N) is 1. The molecular formula is C31H27BrNO2P. The van der Waals surface area contributed by atoms with Gasteiger partial charge in [-0.3, -0.25) is 0 Å². The first kappa shape index (κ1) is 27.1. The first-order chi connectivity index (χ1) is 17.2. The first-order valence-corrected chi connectivity index (χ1v) is 13.6. The van der Waals surface area contributed by atoms with Crippen LogP contribution in [0.2, 0.25) is 0 Å². The molecule has 180 valence electrons. The SMILES string of the molecule is CCOC(=O)/C(C#N)=C/c1ccc(C[P+](c2ccccc2)(c2ccccc2)c2ccccc2)cc1.[Br-]. The molecule has 4 rings (SSSR count). The summed E-state index contributed by atoms with van der Waals surface area (Å²) in [6.07, 6.45) is 2.44. The summed E-state index contributed by atoms with van der Waals surface area (Å²) in [5, 5.41) is 13.3. The molecule has 0 aliphatic carbocycles. The number of esters is 1. The Morgan fingerprint density at radius 1 is 0.778 bits per heavy atom. The van der Waals surface area contributed by atoms with E-state index in [9.17, 15) is 10.1 Å². The number of nitriles is 1. The summed E-state index contributed by atoms with van der Waals surface area (Å²) >= 11 is 0. The van der Waals surface area contributed by atoms with Gasteiger partial charge in [0.1, 0.15) is 34.8 Å². The van der Waals surface area contributed by atoms with Crippen molar-refractivity contribution in [1.82, 2.24) is 0 Å². The van der Waals surface area contributed by atoms with E-state index in [1.54, 1.807) is 13.0 Å². The maximum atomic E-state index is 12.0. The maximum absolute atomic E-state index is 12.0. The van der Waals surface area contributed by atoms with E-state index in [-0.39, 0.29) is 29.2 Å². The van der Waals surface area contributed by atoms with Gasteiger partial charge in [-0.1, -0.05) is 78.9 Å². The molecule has 3 nitrogen and oxygen atoms in total. The van der Waals surface area contributed by atoms with Crippen LogP contribution in [-0.2, 0) is 15.7 Å². The summed E-state index contributed by atoms with van der Waals surface area (Å²) < 4.78 is 4.98. The Labute approximate surface area is 224 Å². The molecule has 36 heavy (non-hydrogen) atoms. The third-order valence-corrected chi connectivity index (χ3v) is 10.3. The highest BCUT2D eigenvalue weighted by Crippen LogP contribution is 2.58. The van der Waals surface area contributed by atoms with Gasteiger partial charge in [0.05, 0.1) is 12.8 Å². The van der Waals surface area contributed by atoms with Crippen LogP contribution in [0.5, 0.6) is 0 Å². The Bertz CT molecular complexity index is 1240. The van der Waals surface area contributed by atoms with Gasteiger partial charge in [0.25, 0.3) is 0 Å². The zero-order chi connectivity index (χ0) is 24.5. The van der Waals surface area contributed by atoms with Crippen molar-refractivity contribution < 1.29 is 26.5 Å². The maximum Gasteiger partial charge on any atom is 0.348 e. The van der Waals surface area contributed by atoms with Crippen molar-refractivity contribution in [1.29, 1.82) is 5.26 Å². The van der Waals surface area contributed by atoms with Crippen LogP contribution in [0, 0.1) is 11.3 Å². The van der Waals surface area contributed by atoms with Crippen LogP contribution in [0.4, 0.5) is 0 Å². The Morgan fingerprint density at radius 2 is 1.22 bits per heavy atom. The number of carbonyl (C=O) groups is 1. The second-order valence-corrected chi connectivity index (χ2v) is 11.6. The molecule has 0 amide bonds. The van der Waals surface area contributed by atoms with Gasteiger partial charge in [0.15, 0.2) is 0 Å². The quantitative estimate of drug-likeness (QED) is 0.145. The van der Waals surface area contributed by atoms with E-state index >= 15 is 0 Å².